The average molecular weight is 689 g/mol. The Morgan fingerprint density at radius 3 is 2.11 bits per heavy atom. The highest BCUT2D eigenvalue weighted by Gasteiger charge is 2.32. The topological polar surface area (TPSA) is 60.7 Å². The summed E-state index contributed by atoms with van der Waals surface area (Å²) in [6, 6.07) is 22.9. The molecule has 0 saturated heterocycles. The molecule has 0 radical (unpaired) electrons. The molecule has 5 rings (SSSR count). The lowest BCUT2D eigenvalue weighted by molar-refractivity contribution is -0.368. The number of hydrogen-bond donors (Lipinski definition) is 1. The van der Waals surface area contributed by atoms with Gasteiger partial charge in [0.2, 0.25) is 0 Å². The van der Waals surface area contributed by atoms with Crippen molar-refractivity contribution in [2.24, 2.45) is 0 Å². The molecule has 47 heavy (non-hydrogen) atoms. The first-order chi connectivity index (χ1) is 22.2. The summed E-state index contributed by atoms with van der Waals surface area (Å²) in [5.74, 6) is -0.640. The van der Waals surface area contributed by atoms with Crippen LogP contribution in [-0.2, 0) is 23.6 Å². The Hall–Kier alpha value is -4.29. The van der Waals surface area contributed by atoms with Gasteiger partial charge in [-0.05, 0) is 90.2 Å². The molecule has 4 nitrogen and oxygen atoms in total. The summed E-state index contributed by atoms with van der Waals surface area (Å²) in [7, 11) is 0. The molecule has 1 atom stereocenters. The van der Waals surface area contributed by atoms with Gasteiger partial charge in [-0.3, -0.25) is 0 Å². The number of rotatable bonds is 10. The van der Waals surface area contributed by atoms with Crippen molar-refractivity contribution in [2.45, 2.75) is 42.8 Å². The number of nitrogens with one attached hydrogen (secondary N) is 1. The molecular formula is C35H28F6NO3S2+. The van der Waals surface area contributed by atoms with Crippen LogP contribution in [0.1, 0.15) is 38.1 Å². The molecule has 12 heteroatoms. The molecule has 0 spiro atoms. The number of aromatic nitrogens is 1. The Labute approximate surface area is 275 Å². The normalized spacial score (nSPS) is 12.6. The van der Waals surface area contributed by atoms with Crippen LogP contribution in [0.4, 0.5) is 26.3 Å². The first kappa shape index (κ1) is 34.1. The van der Waals surface area contributed by atoms with Crippen LogP contribution in [0.3, 0.4) is 0 Å². The van der Waals surface area contributed by atoms with Crippen LogP contribution < -0.4 is 9.72 Å². The molecule has 244 valence electrons. The highest BCUT2D eigenvalue weighted by molar-refractivity contribution is 7.99. The van der Waals surface area contributed by atoms with Crippen molar-refractivity contribution in [3.63, 3.8) is 0 Å². The number of ether oxygens (including phenoxy) is 1. The van der Waals surface area contributed by atoms with Gasteiger partial charge >= 0.3 is 18.3 Å². The number of halogens is 6. The second-order valence-corrected chi connectivity index (χ2v) is 13.1. The van der Waals surface area contributed by atoms with E-state index in [4.69, 9.17) is 9.84 Å². The maximum Gasteiger partial charge on any atom is 0.416 e. The molecule has 1 heterocycles. The van der Waals surface area contributed by atoms with Gasteiger partial charge in [0.05, 0.1) is 26.8 Å². The van der Waals surface area contributed by atoms with E-state index in [0.717, 1.165) is 50.9 Å². The van der Waals surface area contributed by atoms with Crippen LogP contribution in [0.25, 0.3) is 21.7 Å². The second kappa shape index (κ2) is 13.8. The number of thiazole rings is 1. The van der Waals surface area contributed by atoms with E-state index in [0.29, 0.717) is 33.9 Å². The van der Waals surface area contributed by atoms with E-state index < -0.39 is 36.1 Å². The third kappa shape index (κ3) is 8.55. The molecule has 0 aliphatic rings. The fourth-order valence-electron chi connectivity index (χ4n) is 4.96. The lowest BCUT2D eigenvalue weighted by Crippen LogP contribution is -2.10. The Balaban J connectivity index is 1.45. The zero-order valence-electron chi connectivity index (χ0n) is 25.0. The van der Waals surface area contributed by atoms with E-state index in [1.807, 2.05) is 38.1 Å². The minimum atomic E-state index is -4.45. The summed E-state index contributed by atoms with van der Waals surface area (Å²) in [5, 5.41) is 9.50. The third-order valence-electron chi connectivity index (χ3n) is 7.32. The number of carbonyl (C=O) groups is 1. The maximum absolute atomic E-state index is 13.3. The molecule has 0 aliphatic carbocycles. The Bertz CT molecular complexity index is 1870. The Kier molecular flexibility index (Phi) is 10.0. The Morgan fingerprint density at radius 2 is 1.49 bits per heavy atom. The standard InChI is InChI=1S/C35H27F6NO3S2/c1-20-16-28(14-15-29(20)45-19-31(43)44)46-30(32-21(2)42-33(47-32)24-10-12-26(13-11-24)34(36,37)38)17-22-6-8-23(9-7-22)25-4-3-5-27(18-25)35(39,40)41/h3-16,18,30H,17,19H2,1-2H3,(H,43,44)/p+1. The van der Waals surface area contributed by atoms with E-state index in [2.05, 4.69) is 4.98 Å². The summed E-state index contributed by atoms with van der Waals surface area (Å²) < 4.78 is 84.6. The summed E-state index contributed by atoms with van der Waals surface area (Å²) in [5.41, 5.74) is 2.77. The Morgan fingerprint density at radius 1 is 0.830 bits per heavy atom. The monoisotopic (exact) mass is 688 g/mol. The number of carboxylic acids is 1. The quantitative estimate of drug-likeness (QED) is 0.117. The number of carboxylic acid groups (broad SMARTS) is 1. The van der Waals surface area contributed by atoms with Gasteiger partial charge in [0, 0.05) is 11.8 Å². The molecule has 0 fully saturated rings. The van der Waals surface area contributed by atoms with Gasteiger partial charge in [-0.25, -0.2) is 4.79 Å². The number of aliphatic carboxylic acids is 1. The van der Waals surface area contributed by atoms with Crippen LogP contribution in [0.15, 0.2) is 95.9 Å². The van der Waals surface area contributed by atoms with Crippen molar-refractivity contribution >= 4 is 29.1 Å². The van der Waals surface area contributed by atoms with Gasteiger partial charge in [-0.15, -0.1) is 11.8 Å². The van der Waals surface area contributed by atoms with Gasteiger partial charge in [0.1, 0.15) is 5.75 Å². The molecular weight excluding hydrogens is 661 g/mol. The number of alkyl halides is 6. The highest BCUT2D eigenvalue weighted by atomic mass is 32.2. The number of thioether (sulfide) groups is 1. The molecule has 2 N–H and O–H groups in total. The van der Waals surface area contributed by atoms with Crippen LogP contribution in [0, 0.1) is 13.8 Å². The third-order valence-corrected chi connectivity index (χ3v) is 10.0. The fourth-order valence-corrected chi connectivity index (χ4v) is 7.63. The molecule has 0 bridgehead atoms. The van der Waals surface area contributed by atoms with Gasteiger partial charge in [0.25, 0.3) is 5.01 Å². The molecule has 1 unspecified atom stereocenters. The minimum Gasteiger partial charge on any atom is -0.482 e. The van der Waals surface area contributed by atoms with Crippen molar-refractivity contribution in [2.75, 3.05) is 6.61 Å². The van der Waals surface area contributed by atoms with Crippen LogP contribution in [-0.4, -0.2) is 17.7 Å². The number of H-pyrrole nitrogens is 1. The molecule has 0 aliphatic heterocycles. The predicted octanol–water partition coefficient (Wildman–Crippen LogP) is 10.1. The first-order valence-electron chi connectivity index (χ1n) is 14.3. The SMILES string of the molecule is Cc1cc(SC(Cc2ccc(-c3cccc(C(F)(F)F)c3)cc2)c2sc(-c3ccc(C(F)(F)F)cc3)[nH+]c2C)ccc1OCC(=O)O. The highest BCUT2D eigenvalue weighted by Crippen LogP contribution is 2.44. The smallest absolute Gasteiger partial charge is 0.416 e. The molecule has 0 amide bonds. The minimum absolute atomic E-state index is 0.163. The van der Waals surface area contributed by atoms with E-state index in [-0.39, 0.29) is 5.25 Å². The van der Waals surface area contributed by atoms with Crippen molar-refractivity contribution in [1.29, 1.82) is 0 Å². The lowest BCUT2D eigenvalue weighted by atomic mass is 10.00. The number of aromatic amines is 1. The average Bonchev–Trinajstić information content (AvgIpc) is 3.41. The van der Waals surface area contributed by atoms with Gasteiger partial charge in [0.15, 0.2) is 12.3 Å². The van der Waals surface area contributed by atoms with Crippen LogP contribution in [0.5, 0.6) is 5.75 Å². The van der Waals surface area contributed by atoms with Gasteiger partial charge in [-0.1, -0.05) is 47.7 Å². The fraction of sp³-hybridized carbons (Fsp3) is 0.200. The summed E-state index contributed by atoms with van der Waals surface area (Å²) >= 11 is 3.00. The number of aryl methyl sites for hydroxylation is 2. The molecule has 0 saturated carbocycles. The number of hydrogen-bond acceptors (Lipinski definition) is 4. The second-order valence-electron chi connectivity index (χ2n) is 10.8. The lowest BCUT2D eigenvalue weighted by Gasteiger charge is -2.17. The summed E-state index contributed by atoms with van der Waals surface area (Å²) in [6.07, 6.45) is -8.36. The van der Waals surface area contributed by atoms with Crippen LogP contribution in [0.2, 0.25) is 0 Å². The zero-order chi connectivity index (χ0) is 33.9. The van der Waals surface area contributed by atoms with Crippen molar-refractivity contribution in [3.05, 3.63) is 124 Å². The predicted molar refractivity (Wildman–Crippen MR) is 170 cm³/mol. The van der Waals surface area contributed by atoms with Crippen molar-refractivity contribution < 1.29 is 46.0 Å². The first-order valence-corrected chi connectivity index (χ1v) is 16.0. The van der Waals surface area contributed by atoms with E-state index in [1.165, 1.54) is 29.5 Å². The summed E-state index contributed by atoms with van der Waals surface area (Å²) in [6.45, 7) is 3.25. The van der Waals surface area contributed by atoms with Crippen LogP contribution >= 0.6 is 23.1 Å². The van der Waals surface area contributed by atoms with Gasteiger partial charge in [-0.2, -0.15) is 31.3 Å². The largest absolute Gasteiger partial charge is 0.482 e. The number of benzene rings is 4. The maximum atomic E-state index is 13.3. The zero-order valence-corrected chi connectivity index (χ0v) is 26.6. The van der Waals surface area contributed by atoms with E-state index >= 15 is 0 Å². The molecule has 4 aromatic carbocycles. The summed E-state index contributed by atoms with van der Waals surface area (Å²) in [4.78, 5) is 16.1. The van der Waals surface area contributed by atoms with E-state index in [9.17, 15) is 31.1 Å². The molecule has 1 aromatic heterocycles. The van der Waals surface area contributed by atoms with Gasteiger partial charge < -0.3 is 9.84 Å². The van der Waals surface area contributed by atoms with Crippen molar-refractivity contribution in [3.8, 4) is 27.4 Å². The van der Waals surface area contributed by atoms with E-state index in [1.54, 1.807) is 36.0 Å². The van der Waals surface area contributed by atoms with Crippen molar-refractivity contribution in [1.82, 2.24) is 0 Å². The molecule has 5 aromatic rings.